The van der Waals surface area contributed by atoms with E-state index in [1.165, 1.54) is 4.31 Å². The normalized spacial score (nSPS) is 11.3. The van der Waals surface area contributed by atoms with Crippen LogP contribution < -0.4 is 9.62 Å². The highest BCUT2D eigenvalue weighted by molar-refractivity contribution is 7.98. The molecule has 0 aliphatic heterocycles. The minimum absolute atomic E-state index is 0.147. The molecule has 35 heavy (non-hydrogen) atoms. The summed E-state index contributed by atoms with van der Waals surface area (Å²) in [5.41, 5.74) is 3.17. The van der Waals surface area contributed by atoms with Gasteiger partial charge >= 0.3 is 0 Å². The van der Waals surface area contributed by atoms with Crippen LogP contribution in [-0.4, -0.2) is 33.2 Å². The van der Waals surface area contributed by atoms with Crippen LogP contribution in [0.1, 0.15) is 23.6 Å². The molecule has 5 nitrogen and oxygen atoms in total. The number of hydrogen-bond donors (Lipinski definition) is 1. The van der Waals surface area contributed by atoms with Crippen LogP contribution in [0.4, 0.5) is 5.69 Å². The molecular weight excluding hydrogens is 523 g/mol. The number of carbonyl (C=O) groups excluding carboxylic acids is 1. The third-order valence-electron chi connectivity index (χ3n) is 5.41. The highest BCUT2D eigenvalue weighted by atomic mass is 35.5. The number of aryl methyl sites for hydroxylation is 2. The van der Waals surface area contributed by atoms with Crippen LogP contribution in [0, 0.1) is 6.92 Å². The molecule has 0 aliphatic rings. The first-order chi connectivity index (χ1) is 16.7. The number of hydrogen-bond acceptors (Lipinski definition) is 4. The molecule has 0 bridgehead atoms. The van der Waals surface area contributed by atoms with E-state index in [4.69, 9.17) is 23.2 Å². The van der Waals surface area contributed by atoms with Gasteiger partial charge in [0.2, 0.25) is 5.91 Å². The summed E-state index contributed by atoms with van der Waals surface area (Å²) in [5.74, 6) is 0.874. The van der Waals surface area contributed by atoms with Gasteiger partial charge in [0, 0.05) is 28.1 Å². The molecule has 0 aliphatic carbocycles. The second kappa shape index (κ2) is 12.7. The van der Waals surface area contributed by atoms with Gasteiger partial charge in [-0.1, -0.05) is 72.1 Å². The lowest BCUT2D eigenvalue weighted by molar-refractivity contribution is -0.119. The summed E-state index contributed by atoms with van der Waals surface area (Å²) in [4.78, 5) is 13.0. The predicted octanol–water partition coefficient (Wildman–Crippen LogP) is 6.11. The Balaban J connectivity index is 1.69. The maximum absolute atomic E-state index is 13.6. The van der Waals surface area contributed by atoms with Crippen molar-refractivity contribution in [1.29, 1.82) is 0 Å². The van der Waals surface area contributed by atoms with Crippen LogP contribution in [0.2, 0.25) is 10.0 Å². The number of benzene rings is 3. The van der Waals surface area contributed by atoms with E-state index in [2.05, 4.69) is 5.32 Å². The molecule has 9 heteroatoms. The second-order valence-corrected chi connectivity index (χ2v) is 11.7. The van der Waals surface area contributed by atoms with E-state index in [0.29, 0.717) is 40.2 Å². The van der Waals surface area contributed by atoms with Gasteiger partial charge in [0.1, 0.15) is 6.54 Å². The van der Waals surface area contributed by atoms with Crippen molar-refractivity contribution < 1.29 is 13.2 Å². The van der Waals surface area contributed by atoms with E-state index < -0.39 is 10.0 Å². The van der Waals surface area contributed by atoms with Gasteiger partial charge < -0.3 is 5.32 Å². The minimum Gasteiger partial charge on any atom is -0.354 e. The average molecular weight is 552 g/mol. The first kappa shape index (κ1) is 27.4. The Kier molecular flexibility index (Phi) is 9.92. The van der Waals surface area contributed by atoms with Crippen molar-refractivity contribution in [2.75, 3.05) is 23.1 Å². The van der Waals surface area contributed by atoms with Crippen molar-refractivity contribution in [3.8, 4) is 0 Å². The zero-order valence-corrected chi connectivity index (χ0v) is 22.8. The van der Waals surface area contributed by atoms with Crippen molar-refractivity contribution in [3.63, 3.8) is 0 Å². The number of sulfonamides is 1. The summed E-state index contributed by atoms with van der Waals surface area (Å²) in [5, 5.41) is 4.06. The Hall–Kier alpha value is -2.19. The molecule has 0 unspecified atom stereocenters. The van der Waals surface area contributed by atoms with Gasteiger partial charge in [0.15, 0.2) is 0 Å². The zero-order valence-electron chi connectivity index (χ0n) is 19.6. The molecule has 0 spiro atoms. The molecule has 1 N–H and O–H groups in total. The molecule has 0 saturated carbocycles. The fraction of sp³-hybridized carbons (Fsp3) is 0.269. The third-order valence-corrected chi connectivity index (χ3v) is 8.88. The minimum atomic E-state index is -3.94. The number of rotatable bonds is 11. The lowest BCUT2D eigenvalue weighted by Gasteiger charge is -2.26. The van der Waals surface area contributed by atoms with Gasteiger partial charge in [-0.3, -0.25) is 9.10 Å². The monoisotopic (exact) mass is 550 g/mol. The van der Waals surface area contributed by atoms with Crippen LogP contribution in [0.25, 0.3) is 0 Å². The average Bonchev–Trinajstić information content (AvgIpc) is 2.84. The van der Waals surface area contributed by atoms with Crippen LogP contribution in [-0.2, 0) is 27.0 Å². The third kappa shape index (κ3) is 7.17. The Bertz CT molecular complexity index is 1250. The van der Waals surface area contributed by atoms with E-state index >= 15 is 0 Å². The van der Waals surface area contributed by atoms with Crippen LogP contribution in [0.15, 0.2) is 71.6 Å². The van der Waals surface area contributed by atoms with Crippen molar-refractivity contribution in [3.05, 3.63) is 93.5 Å². The molecule has 0 aromatic heterocycles. The Morgan fingerprint density at radius 3 is 2.29 bits per heavy atom. The number of thioether (sulfide) groups is 1. The van der Waals surface area contributed by atoms with Gasteiger partial charge in [-0.25, -0.2) is 8.42 Å². The number of nitrogens with one attached hydrogen (secondary N) is 1. The van der Waals surface area contributed by atoms with Crippen molar-refractivity contribution in [2.24, 2.45) is 0 Å². The van der Waals surface area contributed by atoms with E-state index in [0.717, 1.165) is 16.7 Å². The molecule has 1 amide bonds. The molecule has 186 valence electrons. The summed E-state index contributed by atoms with van der Waals surface area (Å²) >= 11 is 14.0. The lowest BCUT2D eigenvalue weighted by atomic mass is 10.1. The van der Waals surface area contributed by atoms with Crippen molar-refractivity contribution >= 4 is 56.6 Å². The Morgan fingerprint density at radius 2 is 1.63 bits per heavy atom. The molecule has 0 fully saturated rings. The summed E-state index contributed by atoms with van der Waals surface area (Å²) in [6.45, 7) is 3.93. The first-order valence-corrected chi connectivity index (χ1v) is 14.5. The van der Waals surface area contributed by atoms with E-state index in [1.807, 2.05) is 26.0 Å². The molecule has 3 aromatic rings. The van der Waals surface area contributed by atoms with Crippen molar-refractivity contribution in [1.82, 2.24) is 5.32 Å². The molecule has 0 heterocycles. The maximum atomic E-state index is 13.6. The topological polar surface area (TPSA) is 66.5 Å². The SMILES string of the molecule is CCc1ccccc1N(CC(=O)NCCSCc1c(Cl)cccc1Cl)S(=O)(=O)c1ccc(C)cc1. The van der Waals surface area contributed by atoms with Crippen LogP contribution >= 0.6 is 35.0 Å². The smallest absolute Gasteiger partial charge is 0.264 e. The van der Waals surface area contributed by atoms with Crippen LogP contribution in [0.3, 0.4) is 0 Å². The maximum Gasteiger partial charge on any atom is 0.264 e. The number of para-hydroxylation sites is 1. The summed E-state index contributed by atoms with van der Waals surface area (Å²) in [6.07, 6.45) is 0.638. The molecule has 0 saturated heterocycles. The number of halogens is 2. The summed E-state index contributed by atoms with van der Waals surface area (Å²) < 4.78 is 28.3. The number of carbonyl (C=O) groups is 1. The fourth-order valence-electron chi connectivity index (χ4n) is 3.48. The molecule has 3 rings (SSSR count). The van der Waals surface area contributed by atoms with E-state index in [1.54, 1.807) is 66.4 Å². The quantitative estimate of drug-likeness (QED) is 0.292. The molecular formula is C26H28Cl2N2O3S2. The Morgan fingerprint density at radius 1 is 0.971 bits per heavy atom. The second-order valence-electron chi connectivity index (χ2n) is 7.91. The van der Waals surface area contributed by atoms with Gasteiger partial charge in [0.25, 0.3) is 10.0 Å². The van der Waals surface area contributed by atoms with E-state index in [9.17, 15) is 13.2 Å². The standard InChI is InChI=1S/C26H28Cl2N2O3S2/c1-3-20-7-4-5-10-25(20)30(35(32,33)21-13-11-19(2)12-14-21)17-26(31)29-15-16-34-18-22-23(27)8-6-9-24(22)28/h4-14H,3,15-18H2,1-2H3,(H,29,31). The highest BCUT2D eigenvalue weighted by Gasteiger charge is 2.28. The zero-order chi connectivity index (χ0) is 25.4. The van der Waals surface area contributed by atoms with Crippen LogP contribution in [0.5, 0.6) is 0 Å². The van der Waals surface area contributed by atoms with Gasteiger partial charge in [0.05, 0.1) is 10.6 Å². The van der Waals surface area contributed by atoms with Crippen molar-refractivity contribution in [2.45, 2.75) is 30.9 Å². The summed E-state index contributed by atoms with van der Waals surface area (Å²) in [7, 11) is -3.94. The molecule has 0 radical (unpaired) electrons. The Labute approximate surface area is 221 Å². The largest absolute Gasteiger partial charge is 0.354 e. The molecule has 3 aromatic carbocycles. The predicted molar refractivity (Wildman–Crippen MR) is 147 cm³/mol. The fourth-order valence-corrected chi connectivity index (χ4v) is 6.54. The van der Waals surface area contributed by atoms with Gasteiger partial charge in [-0.2, -0.15) is 11.8 Å². The van der Waals surface area contributed by atoms with E-state index in [-0.39, 0.29) is 17.3 Å². The van der Waals surface area contributed by atoms with Gasteiger partial charge in [-0.15, -0.1) is 0 Å². The number of nitrogens with zero attached hydrogens (tertiary/aromatic N) is 1. The van der Waals surface area contributed by atoms with Gasteiger partial charge in [-0.05, 0) is 54.8 Å². The first-order valence-electron chi connectivity index (χ1n) is 11.2. The number of anilines is 1. The summed E-state index contributed by atoms with van der Waals surface area (Å²) in [6, 6.07) is 19.3. The number of amides is 1. The highest BCUT2D eigenvalue weighted by Crippen LogP contribution is 2.29. The lowest BCUT2D eigenvalue weighted by Crippen LogP contribution is -2.41. The molecule has 0 atom stereocenters.